The van der Waals surface area contributed by atoms with E-state index in [9.17, 15) is 0 Å². The van der Waals surface area contributed by atoms with Gasteiger partial charge in [-0.2, -0.15) is 0 Å². The Morgan fingerprint density at radius 1 is 0.559 bits per heavy atom. The number of benzene rings is 5. The van der Waals surface area contributed by atoms with Gasteiger partial charge in [-0.05, 0) is 41.4 Å². The Morgan fingerprint density at radius 3 is 2.32 bits per heavy atom. The molecule has 2 aliphatic heterocycles. The van der Waals surface area contributed by atoms with E-state index in [0.717, 1.165) is 16.6 Å². The summed E-state index contributed by atoms with van der Waals surface area (Å²) in [5.41, 5.74) is 10.8. The molecule has 0 radical (unpaired) electrons. The van der Waals surface area contributed by atoms with Gasteiger partial charge >= 0.3 is 6.98 Å². The van der Waals surface area contributed by atoms with Gasteiger partial charge in [-0.1, -0.05) is 72.8 Å². The van der Waals surface area contributed by atoms with Crippen LogP contribution in [0.3, 0.4) is 0 Å². The van der Waals surface area contributed by atoms with E-state index in [1.165, 1.54) is 55.2 Å². The molecule has 3 nitrogen and oxygen atoms in total. The van der Waals surface area contributed by atoms with Crippen molar-refractivity contribution in [2.45, 2.75) is 0 Å². The molecule has 0 atom stereocenters. The number of para-hydroxylation sites is 3. The Morgan fingerprint density at radius 2 is 1.35 bits per heavy atom. The Balaban J connectivity index is 1.47. The lowest BCUT2D eigenvalue weighted by molar-refractivity contribution is 0.669. The third-order valence-corrected chi connectivity index (χ3v) is 7.74. The Hall–Kier alpha value is -4.44. The first kappa shape index (κ1) is 17.1. The van der Waals surface area contributed by atoms with Crippen molar-refractivity contribution >= 4 is 67.6 Å². The van der Waals surface area contributed by atoms with E-state index in [-0.39, 0.29) is 6.98 Å². The second-order valence-electron chi connectivity index (χ2n) is 9.36. The van der Waals surface area contributed by atoms with Crippen molar-refractivity contribution in [1.29, 1.82) is 0 Å². The molecular weight excluding hydrogens is 415 g/mol. The number of furan rings is 1. The van der Waals surface area contributed by atoms with Crippen LogP contribution in [0.2, 0.25) is 0 Å². The predicted molar refractivity (Wildman–Crippen MR) is 142 cm³/mol. The summed E-state index contributed by atoms with van der Waals surface area (Å²) in [5.74, 6) is 0. The molecular formula is C30H17BN2O. The first-order valence-corrected chi connectivity index (χ1v) is 11.7. The molecule has 0 saturated heterocycles. The van der Waals surface area contributed by atoms with Gasteiger partial charge in [0.2, 0.25) is 0 Å². The van der Waals surface area contributed by atoms with Gasteiger partial charge in [0.25, 0.3) is 0 Å². The zero-order valence-electron chi connectivity index (χ0n) is 18.2. The highest BCUT2D eigenvalue weighted by atomic mass is 16.3. The monoisotopic (exact) mass is 432 g/mol. The highest BCUT2D eigenvalue weighted by molar-refractivity contribution is 6.82. The molecule has 0 spiro atoms. The molecule has 0 bridgehead atoms. The number of hydrogen-bond acceptors (Lipinski definition) is 2. The van der Waals surface area contributed by atoms with E-state index in [4.69, 9.17) is 4.42 Å². The van der Waals surface area contributed by atoms with Crippen LogP contribution < -0.4 is 10.3 Å². The first-order valence-electron chi connectivity index (χ1n) is 11.7. The predicted octanol–water partition coefficient (Wildman–Crippen LogP) is 7.07. The summed E-state index contributed by atoms with van der Waals surface area (Å²) in [4.78, 5) is 2.54. The van der Waals surface area contributed by atoms with Crippen LogP contribution in [0.25, 0.3) is 54.9 Å². The van der Waals surface area contributed by atoms with Crippen molar-refractivity contribution < 1.29 is 4.42 Å². The topological polar surface area (TPSA) is 21.3 Å². The highest BCUT2D eigenvalue weighted by Crippen LogP contribution is 2.50. The molecule has 4 heteroatoms. The fourth-order valence-corrected chi connectivity index (χ4v) is 6.41. The zero-order chi connectivity index (χ0) is 22.0. The zero-order valence-corrected chi connectivity index (χ0v) is 18.2. The molecule has 0 fully saturated rings. The van der Waals surface area contributed by atoms with E-state index in [0.29, 0.717) is 0 Å². The second-order valence-corrected chi connectivity index (χ2v) is 9.36. The van der Waals surface area contributed by atoms with Gasteiger partial charge in [0.15, 0.2) is 0 Å². The fourth-order valence-electron chi connectivity index (χ4n) is 6.41. The molecule has 156 valence electrons. The average Bonchev–Trinajstić information content (AvgIpc) is 3.54. The summed E-state index contributed by atoms with van der Waals surface area (Å²) < 4.78 is 8.82. The maximum atomic E-state index is 6.28. The lowest BCUT2D eigenvalue weighted by atomic mass is 9.60. The normalized spacial score (nSPS) is 13.8. The van der Waals surface area contributed by atoms with Gasteiger partial charge < -0.3 is 13.7 Å². The van der Waals surface area contributed by atoms with Gasteiger partial charge in [-0.15, -0.1) is 0 Å². The average molecular weight is 432 g/mol. The number of rotatable bonds is 0. The molecule has 5 aromatic carbocycles. The summed E-state index contributed by atoms with van der Waals surface area (Å²) in [6.07, 6.45) is 0. The largest absolute Gasteiger partial charge is 0.456 e. The minimum Gasteiger partial charge on any atom is -0.456 e. The van der Waals surface area contributed by atoms with Crippen LogP contribution >= 0.6 is 0 Å². The third kappa shape index (κ3) is 1.85. The number of nitrogens with zero attached hydrogens (tertiary/aromatic N) is 2. The van der Waals surface area contributed by atoms with Crippen LogP contribution in [0.15, 0.2) is 108 Å². The minimum absolute atomic E-state index is 0.0825. The second kappa shape index (κ2) is 5.73. The molecule has 2 aliphatic rings. The molecule has 0 aliphatic carbocycles. The summed E-state index contributed by atoms with van der Waals surface area (Å²) in [5, 5.41) is 4.97. The van der Waals surface area contributed by atoms with E-state index in [1.54, 1.807) is 0 Å². The van der Waals surface area contributed by atoms with Crippen LogP contribution in [0.4, 0.5) is 11.4 Å². The Labute approximate surface area is 195 Å². The summed E-state index contributed by atoms with van der Waals surface area (Å²) in [6.45, 7) is 0.0825. The maximum Gasteiger partial charge on any atom is 0.421 e. The SMILES string of the molecule is c1ccc2c(c1)B1N(c3cc4c(cc3-2)oc2ccccc24)c2cccc3c4ccccc4n1c23. The third-order valence-electron chi connectivity index (χ3n) is 7.74. The molecule has 2 aromatic heterocycles. The Kier molecular flexibility index (Phi) is 2.88. The van der Waals surface area contributed by atoms with Crippen molar-refractivity contribution in [1.82, 2.24) is 4.48 Å². The first-order chi connectivity index (χ1) is 16.9. The molecule has 0 amide bonds. The summed E-state index contributed by atoms with van der Waals surface area (Å²) >= 11 is 0. The van der Waals surface area contributed by atoms with Crippen LogP contribution in [-0.4, -0.2) is 11.5 Å². The van der Waals surface area contributed by atoms with Gasteiger partial charge in [-0.25, -0.2) is 0 Å². The molecule has 0 unspecified atom stereocenters. The number of aromatic nitrogens is 1. The van der Waals surface area contributed by atoms with Crippen LogP contribution in [0.5, 0.6) is 0 Å². The summed E-state index contributed by atoms with van der Waals surface area (Å²) in [6, 6.07) is 37.3. The number of hydrogen-bond donors (Lipinski definition) is 0. The van der Waals surface area contributed by atoms with Crippen molar-refractivity contribution in [3.63, 3.8) is 0 Å². The van der Waals surface area contributed by atoms with E-state index in [2.05, 4.69) is 106 Å². The quantitative estimate of drug-likeness (QED) is 0.239. The molecule has 7 aromatic rings. The molecule has 0 saturated carbocycles. The van der Waals surface area contributed by atoms with Crippen molar-refractivity contribution in [3.05, 3.63) is 103 Å². The molecule has 34 heavy (non-hydrogen) atoms. The Bertz CT molecular complexity index is 2000. The fraction of sp³-hybridized carbons (Fsp3) is 0. The van der Waals surface area contributed by atoms with Crippen LogP contribution in [0.1, 0.15) is 0 Å². The van der Waals surface area contributed by atoms with E-state index >= 15 is 0 Å². The highest BCUT2D eigenvalue weighted by Gasteiger charge is 2.45. The van der Waals surface area contributed by atoms with Gasteiger partial charge in [0, 0.05) is 38.3 Å². The van der Waals surface area contributed by atoms with Gasteiger partial charge in [-0.3, -0.25) is 0 Å². The minimum atomic E-state index is 0.0825. The van der Waals surface area contributed by atoms with Crippen LogP contribution in [-0.2, 0) is 0 Å². The number of anilines is 2. The smallest absolute Gasteiger partial charge is 0.421 e. The van der Waals surface area contributed by atoms with Crippen LogP contribution in [0, 0.1) is 0 Å². The van der Waals surface area contributed by atoms with Crippen molar-refractivity contribution in [3.8, 4) is 11.1 Å². The molecule has 0 N–H and O–H groups in total. The van der Waals surface area contributed by atoms with E-state index < -0.39 is 0 Å². The molecule has 4 heterocycles. The number of fused-ring (bicyclic) bond motifs is 14. The van der Waals surface area contributed by atoms with Gasteiger partial charge in [0.1, 0.15) is 11.2 Å². The van der Waals surface area contributed by atoms with E-state index in [1.807, 2.05) is 6.07 Å². The standard InChI is InChI=1S/C30H17BN2O/c1-4-12-24-18(8-1)22-17-29-23(20-10-3-6-15-28(20)34-29)16-27(22)32-26-14-7-11-21-19-9-2-5-13-25(19)33(30(21)26)31(24)32/h1-17H. The lowest BCUT2D eigenvalue weighted by Gasteiger charge is -2.34. The van der Waals surface area contributed by atoms with Gasteiger partial charge in [0.05, 0.1) is 11.2 Å². The van der Waals surface area contributed by atoms with Crippen molar-refractivity contribution in [2.24, 2.45) is 0 Å². The lowest BCUT2D eigenvalue weighted by Crippen LogP contribution is -2.51. The summed E-state index contributed by atoms with van der Waals surface area (Å²) in [7, 11) is 0. The maximum absolute atomic E-state index is 6.28. The molecule has 9 rings (SSSR count). The van der Waals surface area contributed by atoms with Crippen molar-refractivity contribution in [2.75, 3.05) is 4.81 Å².